The molecule has 2 N–H and O–H groups in total. The fourth-order valence-electron chi connectivity index (χ4n) is 2.26. The molecule has 1 aromatic rings. The number of carbonyl (C=O) groups excluding carboxylic acids is 2. The molecule has 1 aliphatic rings. The summed E-state index contributed by atoms with van der Waals surface area (Å²) in [4.78, 5) is 24.0. The summed E-state index contributed by atoms with van der Waals surface area (Å²) in [5.74, 6) is 0.615. The van der Waals surface area contributed by atoms with Gasteiger partial charge in [0.1, 0.15) is 17.8 Å². The van der Waals surface area contributed by atoms with Gasteiger partial charge in [-0.15, -0.1) is 0 Å². The van der Waals surface area contributed by atoms with Gasteiger partial charge in [0.25, 0.3) is 0 Å². The van der Waals surface area contributed by atoms with Crippen LogP contribution in [0.15, 0.2) is 24.3 Å². The SMILES string of the molecule is COc1ccc(C[C@@H]2NC(=O)[C@@H](C(C)C)NC2=O)cc1. The third-order valence-corrected chi connectivity index (χ3v) is 3.48. The number of methoxy groups -OCH3 is 1. The first-order chi connectivity index (χ1) is 9.51. The molecule has 5 heteroatoms. The van der Waals surface area contributed by atoms with Crippen molar-refractivity contribution >= 4 is 11.8 Å². The van der Waals surface area contributed by atoms with E-state index in [1.165, 1.54) is 0 Å². The molecule has 0 spiro atoms. The molecule has 108 valence electrons. The Balaban J connectivity index is 2.03. The Bertz CT molecular complexity index is 496. The van der Waals surface area contributed by atoms with Gasteiger partial charge in [-0.25, -0.2) is 0 Å². The van der Waals surface area contributed by atoms with E-state index in [9.17, 15) is 9.59 Å². The lowest BCUT2D eigenvalue weighted by molar-refractivity contribution is -0.137. The molecule has 1 fully saturated rings. The Kier molecular flexibility index (Phi) is 4.27. The van der Waals surface area contributed by atoms with E-state index >= 15 is 0 Å². The van der Waals surface area contributed by atoms with Gasteiger partial charge in [-0.2, -0.15) is 0 Å². The van der Waals surface area contributed by atoms with Crippen LogP contribution in [0.1, 0.15) is 19.4 Å². The predicted molar refractivity (Wildman–Crippen MR) is 75.4 cm³/mol. The van der Waals surface area contributed by atoms with Crippen molar-refractivity contribution in [1.29, 1.82) is 0 Å². The molecule has 0 saturated carbocycles. The molecule has 5 nitrogen and oxygen atoms in total. The molecule has 1 aliphatic heterocycles. The van der Waals surface area contributed by atoms with Crippen LogP contribution in [0.25, 0.3) is 0 Å². The Morgan fingerprint density at radius 1 is 1.10 bits per heavy atom. The van der Waals surface area contributed by atoms with E-state index < -0.39 is 12.1 Å². The topological polar surface area (TPSA) is 67.4 Å². The number of hydrogen-bond donors (Lipinski definition) is 2. The highest BCUT2D eigenvalue weighted by atomic mass is 16.5. The molecule has 1 saturated heterocycles. The van der Waals surface area contributed by atoms with Crippen LogP contribution in [-0.2, 0) is 16.0 Å². The van der Waals surface area contributed by atoms with Gasteiger partial charge in [-0.1, -0.05) is 26.0 Å². The first-order valence-corrected chi connectivity index (χ1v) is 6.75. The number of nitrogens with one attached hydrogen (secondary N) is 2. The molecule has 1 aromatic carbocycles. The molecule has 20 heavy (non-hydrogen) atoms. The van der Waals surface area contributed by atoms with Crippen LogP contribution < -0.4 is 15.4 Å². The Hall–Kier alpha value is -2.04. The monoisotopic (exact) mass is 276 g/mol. The first kappa shape index (κ1) is 14.4. The van der Waals surface area contributed by atoms with Gasteiger partial charge < -0.3 is 15.4 Å². The average molecular weight is 276 g/mol. The van der Waals surface area contributed by atoms with Crippen molar-refractivity contribution in [2.24, 2.45) is 5.92 Å². The van der Waals surface area contributed by atoms with Crippen molar-refractivity contribution in [1.82, 2.24) is 10.6 Å². The third-order valence-electron chi connectivity index (χ3n) is 3.48. The maximum absolute atomic E-state index is 12.0. The zero-order valence-electron chi connectivity index (χ0n) is 12.0. The van der Waals surface area contributed by atoms with Crippen molar-refractivity contribution < 1.29 is 14.3 Å². The van der Waals surface area contributed by atoms with Gasteiger partial charge in [0.05, 0.1) is 7.11 Å². The second-order valence-electron chi connectivity index (χ2n) is 5.34. The number of benzene rings is 1. The minimum Gasteiger partial charge on any atom is -0.497 e. The van der Waals surface area contributed by atoms with Crippen LogP contribution in [0.3, 0.4) is 0 Å². The van der Waals surface area contributed by atoms with Crippen molar-refractivity contribution in [3.05, 3.63) is 29.8 Å². The Labute approximate surface area is 118 Å². The molecule has 0 aliphatic carbocycles. The molecule has 0 unspecified atom stereocenters. The predicted octanol–water partition coefficient (Wildman–Crippen LogP) is 0.877. The van der Waals surface area contributed by atoms with E-state index in [4.69, 9.17) is 4.74 Å². The van der Waals surface area contributed by atoms with Crippen LogP contribution in [0.5, 0.6) is 5.75 Å². The molecule has 0 aromatic heterocycles. The fraction of sp³-hybridized carbons (Fsp3) is 0.467. The summed E-state index contributed by atoms with van der Waals surface area (Å²) in [5.41, 5.74) is 0.981. The van der Waals surface area contributed by atoms with Crippen molar-refractivity contribution in [3.8, 4) is 5.75 Å². The number of piperazine rings is 1. The van der Waals surface area contributed by atoms with Crippen molar-refractivity contribution in [2.75, 3.05) is 7.11 Å². The largest absolute Gasteiger partial charge is 0.497 e. The summed E-state index contributed by atoms with van der Waals surface area (Å²) >= 11 is 0. The van der Waals surface area contributed by atoms with Crippen LogP contribution in [0, 0.1) is 5.92 Å². The van der Waals surface area contributed by atoms with Crippen LogP contribution in [0.4, 0.5) is 0 Å². The summed E-state index contributed by atoms with van der Waals surface area (Å²) in [7, 11) is 1.61. The van der Waals surface area contributed by atoms with Gasteiger partial charge in [-0.05, 0) is 23.6 Å². The number of rotatable bonds is 4. The van der Waals surface area contributed by atoms with Crippen molar-refractivity contribution in [3.63, 3.8) is 0 Å². The smallest absolute Gasteiger partial charge is 0.243 e. The van der Waals surface area contributed by atoms with Gasteiger partial charge in [0, 0.05) is 6.42 Å². The van der Waals surface area contributed by atoms with Gasteiger partial charge in [-0.3, -0.25) is 9.59 Å². The lowest BCUT2D eigenvalue weighted by atomic mass is 9.97. The minimum atomic E-state index is -0.508. The number of ether oxygens (including phenoxy) is 1. The zero-order valence-corrected chi connectivity index (χ0v) is 12.0. The lowest BCUT2D eigenvalue weighted by Crippen LogP contribution is -2.63. The minimum absolute atomic E-state index is 0.0842. The summed E-state index contributed by atoms with van der Waals surface area (Å²) in [5, 5.41) is 5.58. The molecular weight excluding hydrogens is 256 g/mol. The Morgan fingerprint density at radius 2 is 1.75 bits per heavy atom. The highest BCUT2D eigenvalue weighted by Crippen LogP contribution is 2.14. The van der Waals surface area contributed by atoms with Crippen molar-refractivity contribution in [2.45, 2.75) is 32.4 Å². The second kappa shape index (κ2) is 5.94. The lowest BCUT2D eigenvalue weighted by Gasteiger charge is -2.31. The van der Waals surface area contributed by atoms with E-state index in [2.05, 4.69) is 10.6 Å². The van der Waals surface area contributed by atoms with E-state index in [-0.39, 0.29) is 17.7 Å². The summed E-state index contributed by atoms with van der Waals surface area (Å²) in [6.45, 7) is 3.82. The van der Waals surface area contributed by atoms with E-state index in [0.717, 1.165) is 11.3 Å². The standard InChI is InChI=1S/C15H20N2O3/c1-9(2)13-15(19)16-12(14(18)17-13)8-10-4-6-11(20-3)7-5-10/h4-7,9,12-13H,8H2,1-3H3,(H,16,19)(H,17,18)/t12-,13+/m0/s1. The van der Waals surface area contributed by atoms with E-state index in [1.54, 1.807) is 7.11 Å². The van der Waals surface area contributed by atoms with Crippen LogP contribution in [-0.4, -0.2) is 31.0 Å². The van der Waals surface area contributed by atoms with Crippen LogP contribution in [0.2, 0.25) is 0 Å². The molecular formula is C15H20N2O3. The average Bonchev–Trinajstić information content (AvgIpc) is 2.43. The molecule has 2 amide bonds. The molecule has 0 bridgehead atoms. The molecule has 0 radical (unpaired) electrons. The number of carbonyl (C=O) groups is 2. The quantitative estimate of drug-likeness (QED) is 0.857. The Morgan fingerprint density at radius 3 is 2.30 bits per heavy atom. The van der Waals surface area contributed by atoms with E-state index in [0.29, 0.717) is 6.42 Å². The second-order valence-corrected chi connectivity index (χ2v) is 5.34. The summed E-state index contributed by atoms with van der Waals surface area (Å²) < 4.78 is 5.09. The zero-order chi connectivity index (χ0) is 14.7. The maximum atomic E-state index is 12.0. The number of amides is 2. The molecule has 2 atom stereocenters. The normalized spacial score (nSPS) is 22.4. The molecule has 2 rings (SSSR count). The highest BCUT2D eigenvalue weighted by Gasteiger charge is 2.34. The van der Waals surface area contributed by atoms with Gasteiger partial charge in [0.15, 0.2) is 0 Å². The third kappa shape index (κ3) is 3.10. The molecule has 1 heterocycles. The highest BCUT2D eigenvalue weighted by molar-refractivity contribution is 5.97. The summed E-state index contributed by atoms with van der Waals surface area (Å²) in [6, 6.07) is 6.53. The maximum Gasteiger partial charge on any atom is 0.243 e. The van der Waals surface area contributed by atoms with Gasteiger partial charge in [0.2, 0.25) is 11.8 Å². The summed E-state index contributed by atoms with van der Waals surface area (Å²) in [6.07, 6.45) is 0.479. The van der Waals surface area contributed by atoms with Gasteiger partial charge >= 0.3 is 0 Å². The number of hydrogen-bond acceptors (Lipinski definition) is 3. The first-order valence-electron chi connectivity index (χ1n) is 6.75. The van der Waals surface area contributed by atoms with E-state index in [1.807, 2.05) is 38.1 Å². The fourth-order valence-corrected chi connectivity index (χ4v) is 2.26. The van der Waals surface area contributed by atoms with Crippen LogP contribution >= 0.6 is 0 Å².